The Morgan fingerprint density at radius 1 is 0.833 bits per heavy atom. The summed E-state index contributed by atoms with van der Waals surface area (Å²) in [5, 5.41) is 0. The maximum atomic E-state index is 3.12. The highest BCUT2D eigenvalue weighted by molar-refractivity contribution is 9.52. The van der Waals surface area contributed by atoms with E-state index in [9.17, 15) is 0 Å². The Balaban J connectivity index is 0. The van der Waals surface area contributed by atoms with Crippen LogP contribution in [0.3, 0.4) is 0 Å². The van der Waals surface area contributed by atoms with Crippen molar-refractivity contribution in [2.45, 2.75) is 1.05 Å². The molecule has 0 amide bonds. The van der Waals surface area contributed by atoms with Crippen LogP contribution in [-0.2, 0) is 0 Å². The normalized spacial score (nSPS) is 10.0. The minimum absolute atomic E-state index is 0. The fourth-order valence-corrected chi connectivity index (χ4v) is 0. The Morgan fingerprint density at radius 2 is 0.833 bits per heavy atom. The summed E-state index contributed by atoms with van der Waals surface area (Å²) in [6.07, 6.45) is 0. The quantitative estimate of drug-likeness (QED) is 0.605. The molecule has 0 fully saturated rings. The molecule has 0 bridgehead atoms. The maximum Gasteiger partial charge on any atom is 0.189 e. The van der Waals surface area contributed by atoms with Crippen molar-refractivity contribution >= 4 is 63.7 Å². The van der Waals surface area contributed by atoms with Crippen molar-refractivity contribution in [2.24, 2.45) is 0 Å². The van der Waals surface area contributed by atoms with Crippen molar-refractivity contribution in [3.8, 4) is 0 Å². The average Bonchev–Trinajstić information content (AvgIpc) is 0.722. The third-order valence-electron chi connectivity index (χ3n) is 0. The van der Waals surface area contributed by atoms with E-state index < -0.39 is 0 Å². The van der Waals surface area contributed by atoms with Crippen LogP contribution in [0.4, 0.5) is 0 Å². The SMILES string of the molecule is BrC(Br)(Br)Br.[N]. The molecule has 0 spiro atoms. The van der Waals surface area contributed by atoms with Gasteiger partial charge in [0, 0.05) is 6.15 Å². The lowest BCUT2D eigenvalue weighted by Gasteiger charge is -1.93. The van der Waals surface area contributed by atoms with E-state index in [1.54, 1.807) is 0 Å². The molecule has 0 aromatic heterocycles. The lowest BCUT2D eigenvalue weighted by Crippen LogP contribution is -1.75. The van der Waals surface area contributed by atoms with Gasteiger partial charge in [-0.05, 0) is 63.7 Å². The van der Waals surface area contributed by atoms with Crippen molar-refractivity contribution in [2.75, 3.05) is 0 Å². The Labute approximate surface area is 70.3 Å². The van der Waals surface area contributed by atoms with Gasteiger partial charge in [0.1, 0.15) is 0 Å². The summed E-state index contributed by atoms with van der Waals surface area (Å²) >= 11 is 12.5. The molecule has 0 aliphatic heterocycles. The van der Waals surface area contributed by atoms with E-state index in [0.29, 0.717) is 0 Å². The fourth-order valence-electron chi connectivity index (χ4n) is 0. The van der Waals surface area contributed by atoms with Crippen LogP contribution in [0.15, 0.2) is 0 Å². The molecule has 0 atom stereocenters. The summed E-state index contributed by atoms with van der Waals surface area (Å²) in [6, 6.07) is 0. The van der Waals surface area contributed by atoms with E-state index in [0.717, 1.165) is 0 Å². The Kier molecular flexibility index (Phi) is 6.89. The fraction of sp³-hybridized carbons (Fsp3) is 1.00. The van der Waals surface area contributed by atoms with Gasteiger partial charge in [-0.1, -0.05) is 0 Å². The highest BCUT2D eigenvalue weighted by Gasteiger charge is 2.08. The molecule has 0 heterocycles. The molecule has 37 valence electrons. The first kappa shape index (κ1) is 10.8. The summed E-state index contributed by atoms with van der Waals surface area (Å²) in [5.41, 5.74) is 0. The molecule has 0 aliphatic carbocycles. The summed E-state index contributed by atoms with van der Waals surface area (Å²) in [5.74, 6) is 0. The predicted molar refractivity (Wildman–Crippen MR) is 40.6 cm³/mol. The van der Waals surface area contributed by atoms with E-state index in [2.05, 4.69) is 63.7 Å². The first-order valence-electron chi connectivity index (χ1n) is 0.756. The molecule has 0 saturated carbocycles. The first-order valence-corrected chi connectivity index (χ1v) is 3.93. The zero-order valence-electron chi connectivity index (χ0n) is 2.46. The molecule has 0 aliphatic rings. The number of halogens is 4. The number of alkyl halides is 4. The third kappa shape index (κ3) is 39.6. The van der Waals surface area contributed by atoms with Gasteiger partial charge in [0.05, 0.1) is 0 Å². The van der Waals surface area contributed by atoms with Gasteiger partial charge in [0.25, 0.3) is 0 Å². The smallest absolute Gasteiger partial charge is 0.0471 e. The van der Waals surface area contributed by atoms with Crippen LogP contribution in [0.1, 0.15) is 0 Å². The van der Waals surface area contributed by atoms with Crippen LogP contribution in [0.2, 0.25) is 0 Å². The second-order valence-electron chi connectivity index (χ2n) is 0.429. The Hall–Kier alpha value is 1.88. The van der Waals surface area contributed by atoms with Crippen molar-refractivity contribution in [1.29, 1.82) is 0 Å². The van der Waals surface area contributed by atoms with Crippen LogP contribution >= 0.6 is 63.7 Å². The topological polar surface area (TPSA) is 30.5 Å². The highest BCUT2D eigenvalue weighted by atomic mass is 80.0. The monoisotopic (exact) mass is 342 g/mol. The molecular weight excluding hydrogens is 346 g/mol. The summed E-state index contributed by atoms with van der Waals surface area (Å²) < 4.78 is -0.250. The minimum Gasteiger partial charge on any atom is -0.0471 e. The van der Waals surface area contributed by atoms with Crippen molar-refractivity contribution < 1.29 is 0 Å². The molecule has 0 unspecified atom stereocenters. The molecule has 0 N–H and O–H groups in total. The molecule has 0 saturated heterocycles. The van der Waals surface area contributed by atoms with Crippen molar-refractivity contribution in [1.82, 2.24) is 6.15 Å². The van der Waals surface area contributed by atoms with Gasteiger partial charge in [-0.15, -0.1) is 0 Å². The minimum atomic E-state index is -0.250. The van der Waals surface area contributed by atoms with Crippen LogP contribution < -0.4 is 6.15 Å². The summed E-state index contributed by atoms with van der Waals surface area (Å²) in [6.45, 7) is 0. The number of hydrogen-bond acceptors (Lipinski definition) is 0. The van der Waals surface area contributed by atoms with E-state index in [4.69, 9.17) is 0 Å². The van der Waals surface area contributed by atoms with Gasteiger partial charge >= 0.3 is 0 Å². The van der Waals surface area contributed by atoms with Crippen molar-refractivity contribution in [3.63, 3.8) is 0 Å². The molecule has 6 heavy (non-hydrogen) atoms. The van der Waals surface area contributed by atoms with Crippen molar-refractivity contribution in [3.05, 3.63) is 0 Å². The van der Waals surface area contributed by atoms with E-state index >= 15 is 0 Å². The van der Waals surface area contributed by atoms with Gasteiger partial charge < -0.3 is 0 Å². The van der Waals surface area contributed by atoms with E-state index in [-0.39, 0.29) is 7.20 Å². The highest BCUT2D eigenvalue weighted by Crippen LogP contribution is 2.39. The summed E-state index contributed by atoms with van der Waals surface area (Å²) in [4.78, 5) is 0. The number of nitrogens with zero attached hydrogens (tertiary/aromatic N) is 1. The second kappa shape index (κ2) is 3.83. The number of hydrogen-bond donors (Lipinski definition) is 0. The molecule has 3 radical (unpaired) electrons. The van der Waals surface area contributed by atoms with E-state index in [1.807, 2.05) is 0 Å². The Bertz CT molecular complexity index is 23.0. The van der Waals surface area contributed by atoms with Gasteiger partial charge in [-0.25, -0.2) is 0 Å². The molecule has 0 aromatic rings. The molecule has 5 heteroatoms. The van der Waals surface area contributed by atoms with Crippen LogP contribution in [0.25, 0.3) is 0 Å². The zero-order chi connectivity index (χ0) is 4.50. The van der Waals surface area contributed by atoms with Gasteiger partial charge in [0.2, 0.25) is 0 Å². The second-order valence-corrected chi connectivity index (χ2v) is 11.6. The lowest BCUT2D eigenvalue weighted by atomic mass is 12.0. The Morgan fingerprint density at radius 3 is 0.833 bits per heavy atom. The molecular formula is CBr4N. The van der Waals surface area contributed by atoms with Crippen LogP contribution in [0, 0.1) is 0 Å². The molecule has 0 aromatic carbocycles. The lowest BCUT2D eigenvalue weighted by molar-refractivity contribution is 2.13. The third-order valence-corrected chi connectivity index (χ3v) is 0. The standard InChI is InChI=1S/CBr4.N/c2-1(3,4)5;. The maximum absolute atomic E-state index is 3.12. The van der Waals surface area contributed by atoms with Crippen LogP contribution in [0.5, 0.6) is 0 Å². The van der Waals surface area contributed by atoms with Crippen LogP contribution in [-0.4, -0.2) is 1.05 Å². The largest absolute Gasteiger partial charge is 0.189 e. The number of rotatable bonds is 0. The van der Waals surface area contributed by atoms with Gasteiger partial charge in [0.15, 0.2) is 1.05 Å². The predicted octanol–water partition coefficient (Wildman–Crippen LogP) is 2.70. The molecule has 0 rings (SSSR count). The van der Waals surface area contributed by atoms with Gasteiger partial charge in [-0.3, -0.25) is 0 Å². The zero-order valence-corrected chi connectivity index (χ0v) is 8.80. The summed E-state index contributed by atoms with van der Waals surface area (Å²) in [7, 11) is 0. The molecule has 1 nitrogen and oxygen atoms in total. The van der Waals surface area contributed by atoms with Gasteiger partial charge in [-0.2, -0.15) is 0 Å². The van der Waals surface area contributed by atoms with E-state index in [1.165, 1.54) is 0 Å². The first-order chi connectivity index (χ1) is 2.00. The average molecular weight is 346 g/mol.